The van der Waals surface area contributed by atoms with Crippen molar-refractivity contribution >= 4 is 16.9 Å². The number of hydrogen-bond donors (Lipinski definition) is 1. The Labute approximate surface area is 135 Å². The minimum absolute atomic E-state index is 0.0366. The quantitative estimate of drug-likeness (QED) is 0.893. The first-order valence-corrected chi connectivity index (χ1v) is 7.96. The minimum atomic E-state index is -0.450. The Hall–Kier alpha value is -1.99. The molecular formula is C16H23N5O2. The third-order valence-electron chi connectivity index (χ3n) is 4.29. The lowest BCUT2D eigenvalue weighted by Crippen LogP contribution is -2.41. The van der Waals surface area contributed by atoms with Crippen molar-refractivity contribution in [3.05, 3.63) is 23.8 Å². The number of hydrogen-bond acceptors (Lipinski definition) is 5. The fraction of sp³-hybridized carbons (Fsp3) is 0.562. The number of nitrogens with zero attached hydrogens (tertiary/aromatic N) is 5. The Morgan fingerprint density at radius 2 is 2.22 bits per heavy atom. The number of likely N-dealkylation sites (N-methyl/N-ethyl adjacent to an activating group) is 1. The number of β-amino-alcohol motifs (C(OH)–C–C–N with tert-alkyl or cyclic N) is 1. The summed E-state index contributed by atoms with van der Waals surface area (Å²) in [6, 6.07) is 5.53. The van der Waals surface area contributed by atoms with Crippen LogP contribution in [0, 0.1) is 0 Å². The van der Waals surface area contributed by atoms with E-state index in [4.69, 9.17) is 0 Å². The number of aromatic nitrogens is 3. The molecule has 124 valence electrons. The smallest absolute Gasteiger partial charge is 0.254 e. The van der Waals surface area contributed by atoms with Gasteiger partial charge in [0.1, 0.15) is 5.52 Å². The molecule has 0 aliphatic carbocycles. The predicted molar refractivity (Wildman–Crippen MR) is 87.2 cm³/mol. The highest BCUT2D eigenvalue weighted by atomic mass is 16.3. The van der Waals surface area contributed by atoms with Crippen LogP contribution in [0.2, 0.25) is 0 Å². The van der Waals surface area contributed by atoms with E-state index in [9.17, 15) is 9.90 Å². The number of aryl methyl sites for hydroxylation is 1. The van der Waals surface area contributed by atoms with Crippen LogP contribution in [0.4, 0.5) is 0 Å². The highest BCUT2D eigenvalue weighted by molar-refractivity contribution is 5.97. The number of aliphatic hydroxyl groups is 1. The molecule has 0 bridgehead atoms. The number of fused-ring (bicyclic) bond motifs is 1. The van der Waals surface area contributed by atoms with Crippen molar-refractivity contribution in [1.29, 1.82) is 0 Å². The predicted octanol–water partition coefficient (Wildman–Crippen LogP) is 0.588. The van der Waals surface area contributed by atoms with Crippen LogP contribution in [0.1, 0.15) is 23.7 Å². The summed E-state index contributed by atoms with van der Waals surface area (Å²) >= 11 is 0. The van der Waals surface area contributed by atoms with Crippen LogP contribution in [0.5, 0.6) is 0 Å². The summed E-state index contributed by atoms with van der Waals surface area (Å²) in [6.45, 7) is 3.88. The molecule has 1 aliphatic heterocycles. The molecule has 1 aromatic heterocycles. The van der Waals surface area contributed by atoms with E-state index in [2.05, 4.69) is 10.3 Å². The maximum atomic E-state index is 12.8. The first kappa shape index (κ1) is 15.9. The number of benzene rings is 1. The van der Waals surface area contributed by atoms with E-state index in [0.717, 1.165) is 24.1 Å². The Morgan fingerprint density at radius 1 is 1.43 bits per heavy atom. The van der Waals surface area contributed by atoms with Gasteiger partial charge < -0.3 is 14.9 Å². The van der Waals surface area contributed by atoms with E-state index in [1.165, 1.54) is 0 Å². The molecule has 1 aromatic carbocycles. The van der Waals surface area contributed by atoms with Gasteiger partial charge >= 0.3 is 0 Å². The van der Waals surface area contributed by atoms with Crippen LogP contribution in [0.15, 0.2) is 18.2 Å². The molecule has 2 aromatic rings. The van der Waals surface area contributed by atoms with Crippen LogP contribution in [-0.2, 0) is 6.54 Å². The van der Waals surface area contributed by atoms with E-state index in [1.807, 2.05) is 38.1 Å². The lowest BCUT2D eigenvalue weighted by Gasteiger charge is -2.26. The zero-order chi connectivity index (χ0) is 16.6. The Bertz CT molecular complexity index is 712. The zero-order valence-electron chi connectivity index (χ0n) is 13.8. The Morgan fingerprint density at radius 3 is 2.91 bits per heavy atom. The molecule has 2 atom stereocenters. The largest absolute Gasteiger partial charge is 0.391 e. The van der Waals surface area contributed by atoms with Gasteiger partial charge in [-0.15, -0.1) is 5.10 Å². The van der Waals surface area contributed by atoms with Crippen LogP contribution in [0.25, 0.3) is 11.0 Å². The van der Waals surface area contributed by atoms with Crippen LogP contribution in [-0.4, -0.2) is 75.1 Å². The van der Waals surface area contributed by atoms with Gasteiger partial charge in [-0.2, -0.15) is 0 Å². The number of rotatable bonds is 4. The molecule has 1 fully saturated rings. The Balaban J connectivity index is 1.86. The van der Waals surface area contributed by atoms with Crippen molar-refractivity contribution in [3.8, 4) is 0 Å². The second-order valence-corrected chi connectivity index (χ2v) is 6.37. The third kappa shape index (κ3) is 3.07. The topological polar surface area (TPSA) is 74.5 Å². The molecule has 1 aliphatic rings. The summed E-state index contributed by atoms with van der Waals surface area (Å²) in [5.41, 5.74) is 2.25. The molecule has 2 heterocycles. The number of carbonyl (C=O) groups is 1. The first-order valence-electron chi connectivity index (χ1n) is 7.96. The highest BCUT2D eigenvalue weighted by Crippen LogP contribution is 2.22. The molecule has 1 N–H and O–H groups in total. The molecule has 1 amide bonds. The van der Waals surface area contributed by atoms with Crippen molar-refractivity contribution < 1.29 is 9.90 Å². The number of amides is 1. The number of likely N-dealkylation sites (tertiary alicyclic amines) is 1. The molecule has 3 rings (SSSR count). The van der Waals surface area contributed by atoms with E-state index < -0.39 is 6.10 Å². The van der Waals surface area contributed by atoms with Crippen molar-refractivity contribution in [2.45, 2.75) is 32.0 Å². The van der Waals surface area contributed by atoms with Gasteiger partial charge in [-0.25, -0.2) is 4.68 Å². The number of carbonyl (C=O) groups excluding carboxylic acids is 1. The van der Waals surface area contributed by atoms with E-state index in [1.54, 1.807) is 15.6 Å². The summed E-state index contributed by atoms with van der Waals surface area (Å²) in [5, 5.41) is 18.1. The molecule has 7 heteroatoms. The van der Waals surface area contributed by atoms with Crippen molar-refractivity contribution in [1.82, 2.24) is 24.8 Å². The van der Waals surface area contributed by atoms with E-state index >= 15 is 0 Å². The molecule has 0 radical (unpaired) electrons. The summed E-state index contributed by atoms with van der Waals surface area (Å²) in [5.74, 6) is -0.0543. The van der Waals surface area contributed by atoms with Gasteiger partial charge in [0, 0.05) is 31.2 Å². The van der Waals surface area contributed by atoms with Crippen LogP contribution >= 0.6 is 0 Å². The van der Waals surface area contributed by atoms with Gasteiger partial charge in [-0.05, 0) is 45.6 Å². The standard InChI is InChI=1S/C16H23N5O2/c1-4-21-15-6-5-11(7-14(15)17-18-21)16(23)20-10-13(22)8-12(20)9-19(2)3/h5-7,12-13,22H,4,8-10H2,1-3H3/t12-,13-/m1/s1. The average molecular weight is 317 g/mol. The second-order valence-electron chi connectivity index (χ2n) is 6.37. The third-order valence-corrected chi connectivity index (χ3v) is 4.29. The van der Waals surface area contributed by atoms with Crippen molar-refractivity contribution in [2.24, 2.45) is 0 Å². The molecule has 0 saturated carbocycles. The van der Waals surface area contributed by atoms with E-state index in [0.29, 0.717) is 18.5 Å². The van der Waals surface area contributed by atoms with Gasteiger partial charge in [-0.1, -0.05) is 5.21 Å². The second kappa shape index (κ2) is 6.25. The molecule has 1 saturated heterocycles. The summed E-state index contributed by atoms with van der Waals surface area (Å²) < 4.78 is 1.80. The van der Waals surface area contributed by atoms with Gasteiger partial charge in [-0.3, -0.25) is 4.79 Å². The maximum absolute atomic E-state index is 12.8. The van der Waals surface area contributed by atoms with Gasteiger partial charge in [0.15, 0.2) is 0 Å². The monoisotopic (exact) mass is 317 g/mol. The van der Waals surface area contributed by atoms with Gasteiger partial charge in [0.25, 0.3) is 5.91 Å². The fourth-order valence-electron chi connectivity index (χ4n) is 3.24. The average Bonchev–Trinajstić information content (AvgIpc) is 3.08. The molecular weight excluding hydrogens is 294 g/mol. The SMILES string of the molecule is CCn1nnc2cc(C(=O)N3C[C@H](O)C[C@@H]3CN(C)C)ccc21. The van der Waals surface area contributed by atoms with Crippen LogP contribution in [0.3, 0.4) is 0 Å². The lowest BCUT2D eigenvalue weighted by molar-refractivity contribution is 0.0699. The fourth-order valence-corrected chi connectivity index (χ4v) is 3.24. The summed E-state index contributed by atoms with van der Waals surface area (Å²) in [6.07, 6.45) is 0.173. The van der Waals surface area contributed by atoms with Crippen LogP contribution < -0.4 is 0 Å². The number of aliphatic hydroxyl groups excluding tert-OH is 1. The summed E-state index contributed by atoms with van der Waals surface area (Å²) in [4.78, 5) is 16.7. The molecule has 7 nitrogen and oxygen atoms in total. The zero-order valence-corrected chi connectivity index (χ0v) is 13.8. The van der Waals surface area contributed by atoms with Gasteiger partial charge in [0.05, 0.1) is 11.6 Å². The van der Waals surface area contributed by atoms with Crippen molar-refractivity contribution in [2.75, 3.05) is 27.2 Å². The maximum Gasteiger partial charge on any atom is 0.254 e. The lowest BCUT2D eigenvalue weighted by atomic mass is 10.1. The highest BCUT2D eigenvalue weighted by Gasteiger charge is 2.35. The molecule has 23 heavy (non-hydrogen) atoms. The molecule has 0 unspecified atom stereocenters. The summed E-state index contributed by atoms with van der Waals surface area (Å²) in [7, 11) is 3.95. The molecule has 0 spiro atoms. The van der Waals surface area contributed by atoms with Gasteiger partial charge in [0.2, 0.25) is 0 Å². The Kier molecular flexibility index (Phi) is 4.32. The van der Waals surface area contributed by atoms with E-state index in [-0.39, 0.29) is 11.9 Å². The van der Waals surface area contributed by atoms with Crippen molar-refractivity contribution in [3.63, 3.8) is 0 Å². The first-order chi connectivity index (χ1) is 11.0. The normalized spacial score (nSPS) is 21.5. The minimum Gasteiger partial charge on any atom is -0.391 e.